The Morgan fingerprint density at radius 2 is 0.750 bits per heavy atom. The van der Waals surface area contributed by atoms with Crippen LogP contribution in [0.3, 0.4) is 0 Å². The SMILES string of the molecule is c1ccc(N(c2ccc(-c3ccc4cc(N(c5ccc6ccccc6c5)c5cccc6ccccc56)c5cccc6ccc3c4c65)cc2)c2ccc3ccccc3c2)cc1. The van der Waals surface area contributed by atoms with E-state index < -0.39 is 0 Å². The van der Waals surface area contributed by atoms with E-state index in [0.29, 0.717) is 0 Å². The summed E-state index contributed by atoms with van der Waals surface area (Å²) < 4.78 is 0. The van der Waals surface area contributed by atoms with E-state index in [1.807, 2.05) is 0 Å². The van der Waals surface area contributed by atoms with E-state index in [4.69, 9.17) is 0 Å². The first-order chi connectivity index (χ1) is 29.7. The van der Waals surface area contributed by atoms with E-state index in [0.717, 1.165) is 28.4 Å². The topological polar surface area (TPSA) is 6.48 Å². The molecular formula is C58H38N2. The van der Waals surface area contributed by atoms with E-state index in [1.54, 1.807) is 0 Å². The maximum absolute atomic E-state index is 2.48. The molecule has 12 aromatic carbocycles. The molecule has 60 heavy (non-hydrogen) atoms. The molecule has 0 fully saturated rings. The molecule has 0 saturated carbocycles. The first kappa shape index (κ1) is 34.1. The highest BCUT2D eigenvalue weighted by Gasteiger charge is 2.22. The fourth-order valence-corrected chi connectivity index (χ4v) is 9.50. The number of benzene rings is 12. The van der Waals surface area contributed by atoms with Crippen molar-refractivity contribution >= 4 is 98.8 Å². The van der Waals surface area contributed by atoms with Crippen LogP contribution in [0.25, 0.3) is 75.8 Å². The number of nitrogens with zero attached hydrogens (tertiary/aromatic N) is 2. The number of hydrogen-bond acceptors (Lipinski definition) is 2. The average Bonchev–Trinajstić information content (AvgIpc) is 3.32. The van der Waals surface area contributed by atoms with Crippen molar-refractivity contribution in [3.8, 4) is 11.1 Å². The van der Waals surface area contributed by atoms with Gasteiger partial charge in [0.1, 0.15) is 0 Å². The Morgan fingerprint density at radius 3 is 1.50 bits per heavy atom. The van der Waals surface area contributed by atoms with E-state index in [2.05, 4.69) is 240 Å². The highest BCUT2D eigenvalue weighted by atomic mass is 15.1. The summed E-state index contributed by atoms with van der Waals surface area (Å²) in [5.74, 6) is 0. The van der Waals surface area contributed by atoms with Gasteiger partial charge in [-0.15, -0.1) is 0 Å². The van der Waals surface area contributed by atoms with Gasteiger partial charge in [-0.25, -0.2) is 0 Å². The van der Waals surface area contributed by atoms with E-state index in [-0.39, 0.29) is 0 Å². The van der Waals surface area contributed by atoms with Crippen molar-refractivity contribution in [2.75, 3.05) is 9.80 Å². The quantitative estimate of drug-likeness (QED) is 0.149. The third-order valence-corrected chi connectivity index (χ3v) is 12.3. The van der Waals surface area contributed by atoms with Gasteiger partial charge in [0.2, 0.25) is 0 Å². The van der Waals surface area contributed by atoms with Crippen molar-refractivity contribution in [2.24, 2.45) is 0 Å². The second-order valence-corrected chi connectivity index (χ2v) is 15.7. The van der Waals surface area contributed by atoms with Crippen molar-refractivity contribution in [2.45, 2.75) is 0 Å². The molecule has 0 saturated heterocycles. The Hall–Kier alpha value is -7.94. The van der Waals surface area contributed by atoms with Crippen LogP contribution >= 0.6 is 0 Å². The largest absolute Gasteiger partial charge is 0.310 e. The molecule has 0 atom stereocenters. The zero-order chi connectivity index (χ0) is 39.6. The molecule has 0 amide bonds. The average molecular weight is 763 g/mol. The third kappa shape index (κ3) is 5.57. The van der Waals surface area contributed by atoms with Crippen LogP contribution < -0.4 is 9.80 Å². The molecule has 12 aromatic rings. The predicted octanol–water partition coefficient (Wildman–Crippen LogP) is 16.7. The minimum absolute atomic E-state index is 1.12. The molecule has 0 N–H and O–H groups in total. The first-order valence-corrected chi connectivity index (χ1v) is 20.7. The molecule has 2 nitrogen and oxygen atoms in total. The molecule has 2 heteroatoms. The van der Waals surface area contributed by atoms with Crippen LogP contribution in [0.15, 0.2) is 231 Å². The molecule has 280 valence electrons. The standard InChI is InChI=1S/C58H38N2/c1-2-19-47(20-3-1)59(49-32-24-39-12-4-6-15-44(39)36-49)48-30-26-42(27-31-48)51-34-29-46-38-56(54-22-10-18-43-28-35-53(51)58(46)57(43)54)60(50-33-25-40-13-5-7-16-45(40)37-50)55-23-11-17-41-14-8-9-21-52(41)55/h1-38H. The van der Waals surface area contributed by atoms with E-state index >= 15 is 0 Å². The zero-order valence-corrected chi connectivity index (χ0v) is 32.8. The van der Waals surface area contributed by atoms with Gasteiger partial charge in [0.25, 0.3) is 0 Å². The molecule has 0 bridgehead atoms. The molecule has 0 radical (unpaired) electrons. The summed E-state index contributed by atoms with van der Waals surface area (Å²) in [6, 6.07) is 84.4. The van der Waals surface area contributed by atoms with Crippen LogP contribution in [-0.4, -0.2) is 0 Å². The Kier molecular flexibility index (Phi) is 7.89. The summed E-state index contributed by atoms with van der Waals surface area (Å²) in [4.78, 5) is 4.82. The number of anilines is 6. The van der Waals surface area contributed by atoms with E-state index in [1.165, 1.54) is 81.4 Å². The lowest BCUT2D eigenvalue weighted by molar-refractivity contribution is 1.29. The Balaban J connectivity index is 1.03. The van der Waals surface area contributed by atoms with Crippen molar-refractivity contribution in [1.82, 2.24) is 0 Å². The fourth-order valence-electron chi connectivity index (χ4n) is 9.50. The second kappa shape index (κ2) is 13.9. The molecule has 0 spiro atoms. The van der Waals surface area contributed by atoms with Crippen molar-refractivity contribution in [3.63, 3.8) is 0 Å². The smallest absolute Gasteiger partial charge is 0.0546 e. The van der Waals surface area contributed by atoms with Gasteiger partial charge in [-0.2, -0.15) is 0 Å². The summed E-state index contributed by atoms with van der Waals surface area (Å²) in [6.07, 6.45) is 0. The minimum Gasteiger partial charge on any atom is -0.310 e. The molecular weight excluding hydrogens is 725 g/mol. The number of hydrogen-bond donors (Lipinski definition) is 0. The maximum atomic E-state index is 2.48. The predicted molar refractivity (Wildman–Crippen MR) is 257 cm³/mol. The molecule has 0 aliphatic carbocycles. The number of fused-ring (bicyclic) bond motifs is 3. The summed E-state index contributed by atoms with van der Waals surface area (Å²) in [5, 5.41) is 14.9. The van der Waals surface area contributed by atoms with Crippen molar-refractivity contribution in [1.29, 1.82) is 0 Å². The lowest BCUT2D eigenvalue weighted by Gasteiger charge is -2.29. The highest BCUT2D eigenvalue weighted by molar-refractivity contribution is 6.29. The lowest BCUT2D eigenvalue weighted by atomic mass is 9.88. The Morgan fingerprint density at radius 1 is 0.233 bits per heavy atom. The fraction of sp³-hybridized carbons (Fsp3) is 0. The highest BCUT2D eigenvalue weighted by Crippen LogP contribution is 2.48. The first-order valence-electron chi connectivity index (χ1n) is 20.7. The normalized spacial score (nSPS) is 11.7. The Bertz CT molecular complexity index is 3550. The molecule has 0 aromatic heterocycles. The van der Waals surface area contributed by atoms with Crippen LogP contribution in [0.5, 0.6) is 0 Å². The van der Waals surface area contributed by atoms with Crippen LogP contribution in [0.4, 0.5) is 34.1 Å². The van der Waals surface area contributed by atoms with Crippen molar-refractivity contribution in [3.05, 3.63) is 231 Å². The van der Waals surface area contributed by atoms with Gasteiger partial charge in [-0.1, -0.05) is 170 Å². The zero-order valence-electron chi connectivity index (χ0n) is 32.8. The van der Waals surface area contributed by atoms with Crippen LogP contribution in [0, 0.1) is 0 Å². The van der Waals surface area contributed by atoms with Gasteiger partial charge >= 0.3 is 0 Å². The van der Waals surface area contributed by atoms with Crippen molar-refractivity contribution < 1.29 is 0 Å². The lowest BCUT2D eigenvalue weighted by Crippen LogP contribution is -2.11. The monoisotopic (exact) mass is 762 g/mol. The molecule has 0 aliphatic rings. The summed E-state index contributed by atoms with van der Waals surface area (Å²) in [7, 11) is 0. The van der Waals surface area contributed by atoms with Gasteiger partial charge in [-0.05, 0) is 126 Å². The molecule has 0 aliphatic heterocycles. The van der Waals surface area contributed by atoms with Gasteiger partial charge in [0.15, 0.2) is 0 Å². The van der Waals surface area contributed by atoms with Crippen LogP contribution in [-0.2, 0) is 0 Å². The van der Waals surface area contributed by atoms with Gasteiger partial charge < -0.3 is 9.80 Å². The molecule has 12 rings (SSSR count). The summed E-state index contributed by atoms with van der Waals surface area (Å²) in [6.45, 7) is 0. The molecule has 0 heterocycles. The van der Waals surface area contributed by atoms with E-state index in [9.17, 15) is 0 Å². The second-order valence-electron chi connectivity index (χ2n) is 15.7. The summed E-state index contributed by atoms with van der Waals surface area (Å²) >= 11 is 0. The van der Waals surface area contributed by atoms with Gasteiger partial charge in [-0.3, -0.25) is 0 Å². The van der Waals surface area contributed by atoms with Crippen LogP contribution in [0.1, 0.15) is 0 Å². The third-order valence-electron chi connectivity index (χ3n) is 12.3. The minimum atomic E-state index is 1.12. The Labute approximate surface area is 348 Å². The van der Waals surface area contributed by atoms with Gasteiger partial charge in [0, 0.05) is 33.5 Å². The molecule has 0 unspecified atom stereocenters. The van der Waals surface area contributed by atoms with Gasteiger partial charge in [0.05, 0.1) is 11.4 Å². The summed E-state index contributed by atoms with van der Waals surface area (Å²) in [5.41, 5.74) is 9.25. The number of rotatable bonds is 7. The maximum Gasteiger partial charge on any atom is 0.0546 e. The number of para-hydroxylation sites is 1. The van der Waals surface area contributed by atoms with Crippen LogP contribution in [0.2, 0.25) is 0 Å².